The van der Waals surface area contributed by atoms with E-state index < -0.39 is 0 Å². The van der Waals surface area contributed by atoms with E-state index >= 15 is 0 Å². The molecule has 0 bridgehead atoms. The van der Waals surface area contributed by atoms with Gasteiger partial charge in [-0.15, -0.1) is 0 Å². The van der Waals surface area contributed by atoms with E-state index in [0.29, 0.717) is 0 Å². The lowest BCUT2D eigenvalue weighted by Crippen LogP contribution is -1.89. The smallest absolute Gasteiger partial charge is 0.140 e. The topological polar surface area (TPSA) is 43.3 Å². The van der Waals surface area contributed by atoms with Crippen molar-refractivity contribution < 1.29 is 0 Å². The fourth-order valence-corrected chi connectivity index (χ4v) is 2.09. The van der Waals surface area contributed by atoms with Crippen molar-refractivity contribution in [2.24, 2.45) is 0 Å². The first-order valence-corrected chi connectivity index (χ1v) is 5.96. The van der Waals surface area contributed by atoms with Gasteiger partial charge in [0.1, 0.15) is 5.65 Å². The van der Waals surface area contributed by atoms with Gasteiger partial charge in [0.25, 0.3) is 0 Å². The minimum atomic E-state index is 0.807. The Morgan fingerprint density at radius 3 is 2.67 bits per heavy atom. The van der Waals surface area contributed by atoms with Crippen LogP contribution in [0.15, 0.2) is 42.7 Å². The maximum Gasteiger partial charge on any atom is 0.140 e. The fourth-order valence-electron chi connectivity index (χ4n) is 2.09. The lowest BCUT2D eigenvalue weighted by molar-refractivity contribution is 1.16. The van der Waals surface area contributed by atoms with Gasteiger partial charge in [0.2, 0.25) is 0 Å². The van der Waals surface area contributed by atoms with Crippen LogP contribution in [0, 0.1) is 13.8 Å². The SMILES string of the molecule is Cc1ccc(-c2cn3cccc(C)c3n2)cc1N. The highest BCUT2D eigenvalue weighted by atomic mass is 15.0. The van der Waals surface area contributed by atoms with E-state index in [1.54, 1.807) is 0 Å². The molecule has 3 nitrogen and oxygen atoms in total. The van der Waals surface area contributed by atoms with Crippen LogP contribution >= 0.6 is 0 Å². The Bertz CT molecular complexity index is 726. The number of aromatic nitrogens is 2. The Morgan fingerprint density at radius 2 is 1.94 bits per heavy atom. The molecule has 18 heavy (non-hydrogen) atoms. The average molecular weight is 237 g/mol. The summed E-state index contributed by atoms with van der Waals surface area (Å²) in [5.74, 6) is 0. The number of anilines is 1. The Kier molecular flexibility index (Phi) is 2.33. The first-order valence-electron chi connectivity index (χ1n) is 5.96. The highest BCUT2D eigenvalue weighted by Crippen LogP contribution is 2.24. The minimum Gasteiger partial charge on any atom is -0.398 e. The van der Waals surface area contributed by atoms with Crippen molar-refractivity contribution in [2.45, 2.75) is 13.8 Å². The molecule has 0 aliphatic carbocycles. The number of aryl methyl sites for hydroxylation is 2. The molecular formula is C15H15N3. The molecule has 3 rings (SSSR count). The molecule has 3 aromatic rings. The zero-order valence-electron chi connectivity index (χ0n) is 10.5. The van der Waals surface area contributed by atoms with Crippen molar-refractivity contribution in [3.05, 3.63) is 53.9 Å². The number of hydrogen-bond donors (Lipinski definition) is 1. The van der Waals surface area contributed by atoms with Crippen LogP contribution in [0.1, 0.15) is 11.1 Å². The van der Waals surface area contributed by atoms with Crippen LogP contribution < -0.4 is 5.73 Å². The van der Waals surface area contributed by atoms with Crippen LogP contribution in [-0.2, 0) is 0 Å². The second-order valence-corrected chi connectivity index (χ2v) is 4.62. The summed E-state index contributed by atoms with van der Waals surface area (Å²) in [6.45, 7) is 4.07. The highest BCUT2D eigenvalue weighted by molar-refractivity contribution is 5.68. The molecule has 0 saturated carbocycles. The quantitative estimate of drug-likeness (QED) is 0.660. The second-order valence-electron chi connectivity index (χ2n) is 4.62. The van der Waals surface area contributed by atoms with E-state index in [9.17, 15) is 0 Å². The predicted octanol–water partition coefficient (Wildman–Crippen LogP) is 3.20. The zero-order chi connectivity index (χ0) is 12.7. The molecule has 0 spiro atoms. The molecule has 2 aromatic heterocycles. The molecule has 0 fully saturated rings. The van der Waals surface area contributed by atoms with Gasteiger partial charge in [-0.1, -0.05) is 18.2 Å². The van der Waals surface area contributed by atoms with E-state index in [4.69, 9.17) is 5.73 Å². The Hall–Kier alpha value is -2.29. The number of rotatable bonds is 1. The van der Waals surface area contributed by atoms with Crippen LogP contribution in [-0.4, -0.2) is 9.38 Å². The van der Waals surface area contributed by atoms with E-state index in [-0.39, 0.29) is 0 Å². The third kappa shape index (κ3) is 1.64. The van der Waals surface area contributed by atoms with Crippen molar-refractivity contribution in [3.8, 4) is 11.3 Å². The molecule has 0 saturated heterocycles. The van der Waals surface area contributed by atoms with Gasteiger partial charge in [-0.3, -0.25) is 0 Å². The summed E-state index contributed by atoms with van der Waals surface area (Å²) in [7, 11) is 0. The summed E-state index contributed by atoms with van der Waals surface area (Å²) in [5, 5.41) is 0. The largest absolute Gasteiger partial charge is 0.398 e. The number of pyridine rings is 1. The minimum absolute atomic E-state index is 0.807. The number of nitrogens with zero attached hydrogens (tertiary/aromatic N) is 2. The summed E-state index contributed by atoms with van der Waals surface area (Å²) in [5.41, 5.74) is 12.0. The van der Waals surface area contributed by atoms with Crippen LogP contribution in [0.3, 0.4) is 0 Å². The summed E-state index contributed by atoms with van der Waals surface area (Å²) in [4.78, 5) is 4.66. The molecule has 90 valence electrons. The van der Waals surface area contributed by atoms with E-state index in [1.165, 1.54) is 5.56 Å². The number of imidazole rings is 1. The maximum atomic E-state index is 5.95. The number of hydrogen-bond acceptors (Lipinski definition) is 2. The number of nitrogen functional groups attached to an aromatic ring is 1. The summed E-state index contributed by atoms with van der Waals surface area (Å²) in [6, 6.07) is 10.2. The molecule has 0 amide bonds. The first kappa shape index (κ1) is 10.8. The highest BCUT2D eigenvalue weighted by Gasteiger charge is 2.06. The Morgan fingerprint density at radius 1 is 1.11 bits per heavy atom. The van der Waals surface area contributed by atoms with E-state index in [1.807, 2.05) is 41.9 Å². The lowest BCUT2D eigenvalue weighted by Gasteiger charge is -2.01. The average Bonchev–Trinajstić information content (AvgIpc) is 2.78. The Balaban J connectivity index is 2.19. The third-order valence-electron chi connectivity index (χ3n) is 3.25. The number of benzene rings is 1. The van der Waals surface area contributed by atoms with Gasteiger partial charge in [0.05, 0.1) is 5.69 Å². The molecule has 0 radical (unpaired) electrons. The molecule has 0 unspecified atom stereocenters. The Labute approximate surface area is 106 Å². The van der Waals surface area contributed by atoms with Gasteiger partial charge in [-0.2, -0.15) is 0 Å². The lowest BCUT2D eigenvalue weighted by atomic mass is 10.1. The third-order valence-corrected chi connectivity index (χ3v) is 3.25. The molecule has 0 aliphatic heterocycles. The van der Waals surface area contributed by atoms with Crippen molar-refractivity contribution >= 4 is 11.3 Å². The van der Waals surface area contributed by atoms with Gasteiger partial charge in [0.15, 0.2) is 0 Å². The summed E-state index contributed by atoms with van der Waals surface area (Å²) in [6.07, 6.45) is 4.04. The molecule has 0 aliphatic rings. The van der Waals surface area contributed by atoms with Gasteiger partial charge in [-0.25, -0.2) is 4.98 Å². The van der Waals surface area contributed by atoms with Gasteiger partial charge in [0, 0.05) is 23.6 Å². The molecule has 0 atom stereocenters. The van der Waals surface area contributed by atoms with Crippen molar-refractivity contribution in [1.29, 1.82) is 0 Å². The summed E-state index contributed by atoms with van der Waals surface area (Å²) >= 11 is 0. The van der Waals surface area contributed by atoms with Gasteiger partial charge in [-0.05, 0) is 37.1 Å². The van der Waals surface area contributed by atoms with Crippen LogP contribution in [0.5, 0.6) is 0 Å². The van der Waals surface area contributed by atoms with Gasteiger partial charge >= 0.3 is 0 Å². The standard InChI is InChI=1S/C15H15N3/c1-10-5-6-12(8-13(10)16)14-9-18-7-3-4-11(2)15(18)17-14/h3-9H,16H2,1-2H3. The van der Waals surface area contributed by atoms with E-state index in [2.05, 4.69) is 24.0 Å². The number of fused-ring (bicyclic) bond motifs is 1. The van der Waals surface area contributed by atoms with Crippen molar-refractivity contribution in [2.75, 3.05) is 5.73 Å². The molecule has 3 heteroatoms. The van der Waals surface area contributed by atoms with Crippen LogP contribution in [0.2, 0.25) is 0 Å². The van der Waals surface area contributed by atoms with Crippen LogP contribution in [0.4, 0.5) is 5.69 Å². The maximum absolute atomic E-state index is 5.95. The second kappa shape index (κ2) is 3.88. The summed E-state index contributed by atoms with van der Waals surface area (Å²) < 4.78 is 2.04. The van der Waals surface area contributed by atoms with Crippen molar-refractivity contribution in [1.82, 2.24) is 9.38 Å². The normalized spacial score (nSPS) is 11.0. The number of nitrogens with two attached hydrogens (primary N) is 1. The van der Waals surface area contributed by atoms with Crippen molar-refractivity contribution in [3.63, 3.8) is 0 Å². The molecule has 1 aromatic carbocycles. The predicted molar refractivity (Wildman–Crippen MR) is 74.5 cm³/mol. The molecular weight excluding hydrogens is 222 g/mol. The first-order chi connectivity index (χ1) is 8.65. The van der Waals surface area contributed by atoms with Gasteiger partial charge < -0.3 is 10.1 Å². The zero-order valence-corrected chi connectivity index (χ0v) is 10.5. The van der Waals surface area contributed by atoms with E-state index in [0.717, 1.165) is 28.2 Å². The molecule has 2 heterocycles. The molecule has 2 N–H and O–H groups in total. The fraction of sp³-hybridized carbons (Fsp3) is 0.133. The van der Waals surface area contributed by atoms with Crippen LogP contribution in [0.25, 0.3) is 16.9 Å². The monoisotopic (exact) mass is 237 g/mol.